The number of hydrogen-bond donors (Lipinski definition) is 0. The molecule has 1 aromatic rings. The number of hydrogen-bond acceptors (Lipinski definition) is 7. The molecule has 2 heterocycles. The molecule has 1 saturated heterocycles. The molecule has 8 nitrogen and oxygen atoms in total. The highest BCUT2D eigenvalue weighted by Gasteiger charge is 2.83. The summed E-state index contributed by atoms with van der Waals surface area (Å²) in [5.74, 6) is -1.12. The molecule has 1 spiro atoms. The molecule has 3 fully saturated rings. The summed E-state index contributed by atoms with van der Waals surface area (Å²) in [4.78, 5) is 28.3. The monoisotopic (exact) mass is 403 g/mol. The summed E-state index contributed by atoms with van der Waals surface area (Å²) < 4.78 is 28.1. The Balaban J connectivity index is 1.77. The molecule has 156 valence electrons. The van der Waals surface area contributed by atoms with E-state index in [1.807, 2.05) is 17.0 Å². The third kappa shape index (κ3) is 1.99. The van der Waals surface area contributed by atoms with Crippen LogP contribution in [0.4, 0.5) is 0 Å². The number of benzene rings is 1. The number of ether oxygens (including phenoxy) is 5. The number of piperidine rings is 1. The molecule has 29 heavy (non-hydrogen) atoms. The van der Waals surface area contributed by atoms with Gasteiger partial charge in [-0.05, 0) is 23.3 Å². The van der Waals surface area contributed by atoms with Gasteiger partial charge in [-0.3, -0.25) is 9.59 Å². The van der Waals surface area contributed by atoms with Crippen LogP contribution in [0.15, 0.2) is 12.1 Å². The predicted molar refractivity (Wildman–Crippen MR) is 99.5 cm³/mol. The van der Waals surface area contributed by atoms with Crippen molar-refractivity contribution in [1.82, 2.24) is 4.90 Å². The van der Waals surface area contributed by atoms with Crippen LogP contribution in [0.3, 0.4) is 0 Å². The number of Topliss-reactive ketones (excluding diaryl/α,β-unsaturated/α-hetero) is 1. The highest BCUT2D eigenvalue weighted by atomic mass is 16.7. The van der Waals surface area contributed by atoms with E-state index in [2.05, 4.69) is 0 Å². The van der Waals surface area contributed by atoms with Crippen LogP contribution in [0.25, 0.3) is 0 Å². The summed E-state index contributed by atoms with van der Waals surface area (Å²) in [5, 5.41) is 0. The SMILES string of the molecule is COc1cc2c(cc1OC)[C@@]13CC(OC)(OC)C(=O)[C@H]4[C@@H](C(=O)N1C[C@@H]2OC)[C@H]43. The van der Waals surface area contributed by atoms with E-state index in [1.54, 1.807) is 21.3 Å². The van der Waals surface area contributed by atoms with Gasteiger partial charge in [-0.2, -0.15) is 0 Å². The number of rotatable bonds is 5. The summed E-state index contributed by atoms with van der Waals surface area (Å²) in [7, 11) is 7.77. The molecule has 1 amide bonds. The maximum absolute atomic E-state index is 13.3. The number of ketones is 1. The topological polar surface area (TPSA) is 83.5 Å². The smallest absolute Gasteiger partial charge is 0.231 e. The third-order valence-electron chi connectivity index (χ3n) is 7.45. The van der Waals surface area contributed by atoms with E-state index >= 15 is 0 Å². The van der Waals surface area contributed by atoms with Crippen molar-refractivity contribution in [2.24, 2.45) is 17.8 Å². The maximum Gasteiger partial charge on any atom is 0.231 e. The van der Waals surface area contributed by atoms with Crippen molar-refractivity contribution in [1.29, 1.82) is 0 Å². The Kier molecular flexibility index (Phi) is 3.85. The Morgan fingerprint density at radius 1 is 0.966 bits per heavy atom. The lowest BCUT2D eigenvalue weighted by Gasteiger charge is -2.53. The molecule has 2 saturated carbocycles. The van der Waals surface area contributed by atoms with E-state index in [4.69, 9.17) is 23.7 Å². The second kappa shape index (κ2) is 5.93. The third-order valence-corrected chi connectivity index (χ3v) is 7.45. The van der Waals surface area contributed by atoms with E-state index in [1.165, 1.54) is 14.2 Å². The average Bonchev–Trinajstić information content (AvgIpc) is 3.46. The van der Waals surface area contributed by atoms with Crippen LogP contribution in [-0.2, 0) is 29.3 Å². The van der Waals surface area contributed by atoms with Gasteiger partial charge in [-0.1, -0.05) is 0 Å². The van der Waals surface area contributed by atoms with Gasteiger partial charge in [-0.15, -0.1) is 0 Å². The van der Waals surface area contributed by atoms with Crippen molar-refractivity contribution in [3.05, 3.63) is 23.3 Å². The van der Waals surface area contributed by atoms with Gasteiger partial charge in [0.15, 0.2) is 17.3 Å². The lowest BCUT2D eigenvalue weighted by Crippen LogP contribution is -2.63. The fraction of sp³-hybridized carbons (Fsp3) is 0.619. The Hall–Kier alpha value is -2.16. The van der Waals surface area contributed by atoms with Gasteiger partial charge in [0.2, 0.25) is 11.7 Å². The summed E-state index contributed by atoms with van der Waals surface area (Å²) in [6.45, 7) is 0.412. The standard InChI is InChI=1S/C21H25NO7/c1-25-12-6-10-11(7-13(12)26-2)20-9-21(28-4,29-5)18(23)15-16(17(15)20)19(24)22(20)8-14(10)27-3/h6-7,14-17H,8-9H2,1-5H3/t14-,15-,16+,17-,20+/m0/s1. The van der Waals surface area contributed by atoms with Gasteiger partial charge < -0.3 is 28.6 Å². The number of nitrogens with zero attached hydrogens (tertiary/aromatic N) is 1. The molecule has 5 rings (SSSR count). The summed E-state index contributed by atoms with van der Waals surface area (Å²) in [6, 6.07) is 3.84. The van der Waals surface area contributed by atoms with Crippen LogP contribution in [0, 0.1) is 17.8 Å². The number of amides is 1. The van der Waals surface area contributed by atoms with Crippen LogP contribution in [0.1, 0.15) is 23.7 Å². The minimum Gasteiger partial charge on any atom is -0.493 e. The number of carbonyl (C=O) groups is 2. The largest absolute Gasteiger partial charge is 0.493 e. The lowest BCUT2D eigenvalue weighted by molar-refractivity contribution is -0.235. The molecule has 0 aromatic heterocycles. The van der Waals surface area contributed by atoms with Crippen molar-refractivity contribution < 1.29 is 33.3 Å². The van der Waals surface area contributed by atoms with E-state index in [9.17, 15) is 9.59 Å². The Morgan fingerprint density at radius 3 is 2.21 bits per heavy atom. The summed E-state index contributed by atoms with van der Waals surface area (Å²) in [5.41, 5.74) is 1.16. The second-order valence-electron chi connectivity index (χ2n) is 8.17. The van der Waals surface area contributed by atoms with Crippen molar-refractivity contribution in [3.8, 4) is 11.5 Å². The van der Waals surface area contributed by atoms with Gasteiger partial charge in [0.05, 0.1) is 32.2 Å². The molecule has 4 aliphatic rings. The zero-order chi connectivity index (χ0) is 20.7. The first-order valence-electron chi connectivity index (χ1n) is 9.69. The maximum atomic E-state index is 13.3. The number of fused-ring (bicyclic) bond motifs is 2. The lowest BCUT2D eigenvalue weighted by atomic mass is 9.68. The van der Waals surface area contributed by atoms with Crippen molar-refractivity contribution in [3.63, 3.8) is 0 Å². The number of carbonyl (C=O) groups excluding carboxylic acids is 2. The van der Waals surface area contributed by atoms with Crippen LogP contribution in [-0.4, -0.2) is 64.5 Å². The van der Waals surface area contributed by atoms with E-state index < -0.39 is 11.3 Å². The van der Waals surface area contributed by atoms with E-state index in [-0.39, 0.29) is 42.0 Å². The number of methoxy groups -OCH3 is 5. The molecule has 0 radical (unpaired) electrons. The molecule has 1 aromatic carbocycles. The van der Waals surface area contributed by atoms with Crippen molar-refractivity contribution in [2.75, 3.05) is 42.1 Å². The highest BCUT2D eigenvalue weighted by molar-refractivity contribution is 6.03. The summed E-state index contributed by atoms with van der Waals surface area (Å²) >= 11 is 0. The van der Waals surface area contributed by atoms with E-state index in [0.29, 0.717) is 18.0 Å². The predicted octanol–water partition coefficient (Wildman–Crippen LogP) is 1.27. The van der Waals surface area contributed by atoms with Crippen LogP contribution < -0.4 is 9.47 Å². The van der Waals surface area contributed by atoms with Crippen LogP contribution >= 0.6 is 0 Å². The molecule has 0 bridgehead atoms. The van der Waals surface area contributed by atoms with Crippen molar-refractivity contribution in [2.45, 2.75) is 23.9 Å². The first-order chi connectivity index (χ1) is 13.9. The van der Waals surface area contributed by atoms with Gasteiger partial charge in [0, 0.05) is 39.6 Å². The molecule has 8 heteroatoms. The Bertz CT molecular complexity index is 911. The molecule has 2 aliphatic carbocycles. The van der Waals surface area contributed by atoms with Crippen LogP contribution in [0.5, 0.6) is 11.5 Å². The van der Waals surface area contributed by atoms with E-state index in [0.717, 1.165) is 11.1 Å². The molecule has 0 unspecified atom stereocenters. The Labute approximate surface area is 169 Å². The quantitative estimate of drug-likeness (QED) is 0.685. The second-order valence-corrected chi connectivity index (χ2v) is 8.17. The van der Waals surface area contributed by atoms with Gasteiger partial charge >= 0.3 is 0 Å². The fourth-order valence-corrected chi connectivity index (χ4v) is 6.11. The van der Waals surface area contributed by atoms with Crippen LogP contribution in [0.2, 0.25) is 0 Å². The minimum atomic E-state index is -1.38. The van der Waals surface area contributed by atoms with Gasteiger partial charge in [0.25, 0.3) is 0 Å². The first-order valence-corrected chi connectivity index (χ1v) is 9.69. The minimum absolute atomic E-state index is 0.0108. The zero-order valence-corrected chi connectivity index (χ0v) is 17.2. The fourth-order valence-electron chi connectivity index (χ4n) is 6.11. The first kappa shape index (κ1) is 18.8. The Morgan fingerprint density at radius 2 is 1.62 bits per heavy atom. The van der Waals surface area contributed by atoms with Crippen molar-refractivity contribution >= 4 is 11.7 Å². The molecule has 0 N–H and O–H groups in total. The average molecular weight is 403 g/mol. The molecule has 2 aliphatic heterocycles. The molecular formula is C21H25NO7. The van der Waals surface area contributed by atoms with Gasteiger partial charge in [0.1, 0.15) is 6.10 Å². The normalized spacial score (nSPS) is 35.7. The van der Waals surface area contributed by atoms with Gasteiger partial charge in [-0.25, -0.2) is 0 Å². The summed E-state index contributed by atoms with van der Waals surface area (Å²) in [6.07, 6.45) is -0.0545. The molecule has 5 atom stereocenters. The zero-order valence-electron chi connectivity index (χ0n) is 17.2. The molecular weight excluding hydrogens is 378 g/mol. The highest BCUT2D eigenvalue weighted by Crippen LogP contribution is 2.73.